The number of piperidine rings is 1. The molecule has 1 heterocycles. The van der Waals surface area contributed by atoms with Crippen LogP contribution >= 0.6 is 11.6 Å². The summed E-state index contributed by atoms with van der Waals surface area (Å²) >= 11 is 5.99. The van der Waals surface area contributed by atoms with Gasteiger partial charge in [0.25, 0.3) is 5.91 Å². The zero-order valence-electron chi connectivity index (χ0n) is 10.0. The van der Waals surface area contributed by atoms with Crippen LogP contribution in [0.1, 0.15) is 5.56 Å². The van der Waals surface area contributed by atoms with Crippen LogP contribution in [0, 0.1) is 5.92 Å². The number of hydrogen-bond donors (Lipinski definition) is 0. The monoisotopic (exact) mass is 277 g/mol. The second-order valence-electron chi connectivity index (χ2n) is 4.58. The Morgan fingerprint density at radius 2 is 1.89 bits per heavy atom. The molecular formula is C14H12ClNO3. The Kier molecular flexibility index (Phi) is 3.12. The number of fused-ring (bicyclic) bond motifs is 2. The SMILES string of the molecule is O=C1C2C=CC1N(OCc1ccccc1)C(=O)C2Cl. The predicted octanol–water partition coefficient (Wildman–Crippen LogP) is 1.69. The van der Waals surface area contributed by atoms with Gasteiger partial charge in [0, 0.05) is 0 Å². The van der Waals surface area contributed by atoms with Crippen LogP contribution in [0.15, 0.2) is 42.5 Å². The first kappa shape index (κ1) is 12.4. The van der Waals surface area contributed by atoms with E-state index >= 15 is 0 Å². The lowest BCUT2D eigenvalue weighted by atomic mass is 9.97. The maximum Gasteiger partial charge on any atom is 0.266 e. The summed E-state index contributed by atoms with van der Waals surface area (Å²) in [5, 5.41) is 0.241. The van der Waals surface area contributed by atoms with Crippen LogP contribution in [0.2, 0.25) is 0 Å². The molecule has 1 saturated heterocycles. The minimum Gasteiger partial charge on any atom is -0.296 e. The number of nitrogens with zero attached hydrogens (tertiary/aromatic N) is 1. The molecule has 3 atom stereocenters. The van der Waals surface area contributed by atoms with Crippen LogP contribution in [-0.2, 0) is 21.0 Å². The zero-order valence-corrected chi connectivity index (χ0v) is 10.8. The van der Waals surface area contributed by atoms with Crippen LogP contribution in [-0.4, -0.2) is 28.2 Å². The van der Waals surface area contributed by atoms with Crippen molar-refractivity contribution in [2.75, 3.05) is 0 Å². The highest BCUT2D eigenvalue weighted by atomic mass is 35.5. The summed E-state index contributed by atoms with van der Waals surface area (Å²) in [7, 11) is 0. The number of hydrogen-bond acceptors (Lipinski definition) is 3. The second-order valence-corrected chi connectivity index (χ2v) is 5.05. The smallest absolute Gasteiger partial charge is 0.266 e. The van der Waals surface area contributed by atoms with Gasteiger partial charge in [-0.15, -0.1) is 11.6 Å². The van der Waals surface area contributed by atoms with Crippen LogP contribution in [0.4, 0.5) is 0 Å². The Labute approximate surface area is 115 Å². The van der Waals surface area contributed by atoms with Gasteiger partial charge in [0.1, 0.15) is 18.0 Å². The number of allylic oxidation sites excluding steroid dienone is 1. The number of carbonyl (C=O) groups excluding carboxylic acids is 2. The highest BCUT2D eigenvalue weighted by molar-refractivity contribution is 6.34. The second kappa shape index (κ2) is 4.79. The molecule has 0 radical (unpaired) electrons. The number of hydroxylamine groups is 2. The summed E-state index contributed by atoms with van der Waals surface area (Å²) in [4.78, 5) is 29.5. The van der Waals surface area contributed by atoms with Gasteiger partial charge in [0.05, 0.1) is 5.92 Å². The molecule has 1 aromatic carbocycles. The molecule has 0 N–H and O–H groups in total. The quantitative estimate of drug-likeness (QED) is 0.624. The molecule has 1 aliphatic heterocycles. The van der Waals surface area contributed by atoms with Gasteiger partial charge >= 0.3 is 0 Å². The van der Waals surface area contributed by atoms with Crippen LogP contribution in [0.5, 0.6) is 0 Å². The van der Waals surface area contributed by atoms with Crippen molar-refractivity contribution in [1.29, 1.82) is 0 Å². The van der Waals surface area contributed by atoms with E-state index in [1.165, 1.54) is 0 Å². The van der Waals surface area contributed by atoms with Gasteiger partial charge in [-0.3, -0.25) is 14.4 Å². The Morgan fingerprint density at radius 3 is 2.63 bits per heavy atom. The van der Waals surface area contributed by atoms with Gasteiger partial charge in [-0.25, -0.2) is 5.06 Å². The third-order valence-electron chi connectivity index (χ3n) is 3.35. The van der Waals surface area contributed by atoms with Crippen molar-refractivity contribution in [3.05, 3.63) is 48.0 Å². The van der Waals surface area contributed by atoms with Gasteiger partial charge in [0.2, 0.25) is 0 Å². The van der Waals surface area contributed by atoms with Crippen LogP contribution < -0.4 is 0 Å². The van der Waals surface area contributed by atoms with Crippen molar-refractivity contribution in [2.45, 2.75) is 18.0 Å². The molecule has 5 heteroatoms. The fourth-order valence-corrected chi connectivity index (χ4v) is 2.63. The van der Waals surface area contributed by atoms with Crippen molar-refractivity contribution in [2.24, 2.45) is 5.92 Å². The van der Waals surface area contributed by atoms with Crippen molar-refractivity contribution in [3.8, 4) is 0 Å². The Balaban J connectivity index is 1.75. The third kappa shape index (κ3) is 2.07. The highest BCUT2D eigenvalue weighted by Gasteiger charge is 2.49. The molecule has 0 saturated carbocycles. The number of rotatable bonds is 3. The number of Topliss-reactive ketones (excluding diaryl/α,β-unsaturated/α-hetero) is 1. The molecule has 3 unspecified atom stereocenters. The first-order valence-corrected chi connectivity index (χ1v) is 6.48. The Bertz CT molecular complexity index is 543. The standard InChI is InChI=1S/C14H12ClNO3/c15-12-10-6-7-11(13(10)17)16(14(12)18)19-8-9-4-2-1-3-5-9/h1-7,10-12H,8H2. The summed E-state index contributed by atoms with van der Waals surface area (Å²) in [6, 6.07) is 8.83. The molecule has 0 spiro atoms. The maximum atomic E-state index is 12.0. The number of ketones is 1. The highest BCUT2D eigenvalue weighted by Crippen LogP contribution is 2.32. The largest absolute Gasteiger partial charge is 0.296 e. The number of carbonyl (C=O) groups is 2. The normalized spacial score (nSPS) is 29.1. The predicted molar refractivity (Wildman–Crippen MR) is 69.1 cm³/mol. The fourth-order valence-electron chi connectivity index (χ4n) is 2.32. The molecule has 98 valence electrons. The molecule has 1 amide bonds. The zero-order chi connectivity index (χ0) is 13.4. The first-order valence-electron chi connectivity index (χ1n) is 6.04. The average molecular weight is 278 g/mol. The fraction of sp³-hybridized carbons (Fsp3) is 0.286. The summed E-state index contributed by atoms with van der Waals surface area (Å²) in [6.07, 6.45) is 3.37. The lowest BCUT2D eigenvalue weighted by Crippen LogP contribution is -2.54. The van der Waals surface area contributed by atoms with E-state index in [9.17, 15) is 9.59 Å². The third-order valence-corrected chi connectivity index (χ3v) is 3.81. The van der Waals surface area contributed by atoms with E-state index < -0.39 is 17.3 Å². The van der Waals surface area contributed by atoms with E-state index in [-0.39, 0.29) is 18.3 Å². The number of benzene rings is 1. The van der Waals surface area contributed by atoms with Crippen molar-refractivity contribution in [3.63, 3.8) is 0 Å². The van der Waals surface area contributed by atoms with Gasteiger partial charge in [-0.2, -0.15) is 0 Å². The molecule has 2 aliphatic rings. The minimum absolute atomic E-state index is 0.0762. The maximum absolute atomic E-state index is 12.0. The summed E-state index contributed by atoms with van der Waals surface area (Å²) in [5.41, 5.74) is 0.929. The van der Waals surface area contributed by atoms with Crippen LogP contribution in [0.25, 0.3) is 0 Å². The van der Waals surface area contributed by atoms with Gasteiger partial charge < -0.3 is 0 Å². The van der Waals surface area contributed by atoms with Gasteiger partial charge in [-0.05, 0) is 5.56 Å². The summed E-state index contributed by atoms with van der Waals surface area (Å²) in [5.74, 6) is -0.930. The number of halogens is 1. The molecule has 4 nitrogen and oxygen atoms in total. The molecule has 1 aliphatic carbocycles. The molecule has 1 aromatic rings. The number of alkyl halides is 1. The molecule has 19 heavy (non-hydrogen) atoms. The van der Waals surface area contributed by atoms with Crippen molar-refractivity contribution in [1.82, 2.24) is 5.06 Å². The van der Waals surface area contributed by atoms with E-state index in [4.69, 9.17) is 16.4 Å². The Morgan fingerprint density at radius 1 is 1.16 bits per heavy atom. The molecule has 0 aromatic heterocycles. The van der Waals surface area contributed by atoms with E-state index in [2.05, 4.69) is 0 Å². The topological polar surface area (TPSA) is 46.6 Å². The van der Waals surface area contributed by atoms with E-state index in [1.807, 2.05) is 30.3 Å². The van der Waals surface area contributed by atoms with E-state index in [1.54, 1.807) is 12.2 Å². The van der Waals surface area contributed by atoms with Gasteiger partial charge in [0.15, 0.2) is 5.78 Å². The molecule has 2 bridgehead atoms. The summed E-state index contributed by atoms with van der Waals surface area (Å²) in [6.45, 7) is 0.235. The minimum atomic E-state index is -0.863. The Hall–Kier alpha value is -1.65. The van der Waals surface area contributed by atoms with E-state index in [0.717, 1.165) is 10.6 Å². The molecule has 1 fully saturated rings. The van der Waals surface area contributed by atoms with E-state index in [0.29, 0.717) is 0 Å². The van der Waals surface area contributed by atoms with Crippen molar-refractivity contribution < 1.29 is 14.4 Å². The summed E-state index contributed by atoms with van der Waals surface area (Å²) < 4.78 is 0. The molecular weight excluding hydrogens is 266 g/mol. The van der Waals surface area contributed by atoms with Crippen molar-refractivity contribution >= 4 is 23.3 Å². The lowest BCUT2D eigenvalue weighted by Gasteiger charge is -2.33. The van der Waals surface area contributed by atoms with Gasteiger partial charge in [-0.1, -0.05) is 42.5 Å². The van der Waals surface area contributed by atoms with Crippen LogP contribution in [0.3, 0.4) is 0 Å². The molecule has 3 rings (SSSR count). The average Bonchev–Trinajstić information content (AvgIpc) is 2.75. The first-order chi connectivity index (χ1) is 9.18. The number of amides is 1. The lowest BCUT2D eigenvalue weighted by molar-refractivity contribution is -0.206.